The second-order valence-corrected chi connectivity index (χ2v) is 5.95. The molecule has 3 heteroatoms. The minimum absolute atomic E-state index is 0.210. The molecule has 1 saturated carbocycles. The smallest absolute Gasteiger partial charge is 0.223 e. The molecule has 17 heavy (non-hydrogen) atoms. The zero-order valence-corrected chi connectivity index (χ0v) is 11.6. The maximum atomic E-state index is 12.3. The van der Waals surface area contributed by atoms with E-state index in [0.717, 1.165) is 12.8 Å². The Labute approximate surface area is 106 Å². The highest BCUT2D eigenvalue weighted by Gasteiger charge is 2.31. The summed E-state index contributed by atoms with van der Waals surface area (Å²) in [5.74, 6) is 0.790. The van der Waals surface area contributed by atoms with E-state index in [-0.39, 0.29) is 17.4 Å². The van der Waals surface area contributed by atoms with Crippen LogP contribution in [0.4, 0.5) is 0 Å². The second kappa shape index (κ2) is 6.39. The van der Waals surface area contributed by atoms with Crippen LogP contribution in [0.3, 0.4) is 0 Å². The lowest BCUT2D eigenvalue weighted by Gasteiger charge is -2.35. The SMILES string of the molecule is CC(C)C(C)(CN)NC(=O)C1CCCCCC1. The lowest BCUT2D eigenvalue weighted by molar-refractivity contribution is -0.127. The van der Waals surface area contributed by atoms with E-state index in [1.807, 2.05) is 6.92 Å². The highest BCUT2D eigenvalue weighted by molar-refractivity contribution is 5.79. The van der Waals surface area contributed by atoms with E-state index in [4.69, 9.17) is 5.73 Å². The lowest BCUT2D eigenvalue weighted by atomic mass is 9.87. The molecule has 0 radical (unpaired) electrons. The van der Waals surface area contributed by atoms with Crippen molar-refractivity contribution in [2.24, 2.45) is 17.6 Å². The zero-order valence-electron chi connectivity index (χ0n) is 11.6. The number of hydrogen-bond acceptors (Lipinski definition) is 2. The van der Waals surface area contributed by atoms with Gasteiger partial charge in [0, 0.05) is 12.5 Å². The van der Waals surface area contributed by atoms with Crippen LogP contribution in [0.2, 0.25) is 0 Å². The summed E-state index contributed by atoms with van der Waals surface area (Å²) in [4.78, 5) is 12.3. The molecule has 0 aromatic carbocycles. The number of nitrogens with two attached hydrogens (primary N) is 1. The van der Waals surface area contributed by atoms with Crippen LogP contribution in [0.5, 0.6) is 0 Å². The van der Waals surface area contributed by atoms with E-state index < -0.39 is 0 Å². The molecule has 0 bridgehead atoms. The Balaban J connectivity index is 2.57. The summed E-state index contributed by atoms with van der Waals surface area (Å²) in [7, 11) is 0. The van der Waals surface area contributed by atoms with Crippen molar-refractivity contribution in [1.29, 1.82) is 0 Å². The average Bonchev–Trinajstić information content (AvgIpc) is 2.57. The molecule has 1 aliphatic rings. The number of nitrogens with one attached hydrogen (secondary N) is 1. The van der Waals surface area contributed by atoms with Crippen LogP contribution >= 0.6 is 0 Å². The Bertz CT molecular complexity index is 245. The standard InChI is InChI=1S/C14H28N2O/c1-11(2)14(3,10-15)16-13(17)12-8-6-4-5-7-9-12/h11-12H,4-10,15H2,1-3H3,(H,16,17). The maximum absolute atomic E-state index is 12.3. The largest absolute Gasteiger partial charge is 0.349 e. The van der Waals surface area contributed by atoms with Gasteiger partial charge in [0.1, 0.15) is 0 Å². The number of hydrogen-bond donors (Lipinski definition) is 2. The normalized spacial score (nSPS) is 21.9. The molecular formula is C14H28N2O. The van der Waals surface area contributed by atoms with E-state index >= 15 is 0 Å². The monoisotopic (exact) mass is 240 g/mol. The molecule has 0 saturated heterocycles. The summed E-state index contributed by atoms with van der Waals surface area (Å²) in [5.41, 5.74) is 5.54. The Morgan fingerprint density at radius 1 is 1.29 bits per heavy atom. The van der Waals surface area contributed by atoms with Crippen molar-refractivity contribution in [3.63, 3.8) is 0 Å². The maximum Gasteiger partial charge on any atom is 0.223 e. The molecule has 0 heterocycles. The van der Waals surface area contributed by atoms with Crippen LogP contribution < -0.4 is 11.1 Å². The van der Waals surface area contributed by atoms with Crippen molar-refractivity contribution in [1.82, 2.24) is 5.32 Å². The van der Waals surface area contributed by atoms with Crippen molar-refractivity contribution >= 4 is 5.91 Å². The van der Waals surface area contributed by atoms with Gasteiger partial charge in [-0.1, -0.05) is 39.5 Å². The van der Waals surface area contributed by atoms with Crippen LogP contribution in [0, 0.1) is 11.8 Å². The van der Waals surface area contributed by atoms with Gasteiger partial charge in [0.2, 0.25) is 5.91 Å². The molecule has 0 aromatic rings. The predicted molar refractivity (Wildman–Crippen MR) is 71.6 cm³/mol. The molecule has 1 atom stereocenters. The topological polar surface area (TPSA) is 55.1 Å². The van der Waals surface area contributed by atoms with Gasteiger partial charge in [-0.2, -0.15) is 0 Å². The minimum Gasteiger partial charge on any atom is -0.349 e. The Kier molecular flexibility index (Phi) is 5.44. The van der Waals surface area contributed by atoms with Gasteiger partial charge in [-0.05, 0) is 25.7 Å². The van der Waals surface area contributed by atoms with Gasteiger partial charge in [-0.3, -0.25) is 4.79 Å². The highest BCUT2D eigenvalue weighted by atomic mass is 16.2. The first kappa shape index (κ1) is 14.5. The summed E-state index contributed by atoms with van der Waals surface area (Å²) < 4.78 is 0. The van der Waals surface area contributed by atoms with Crippen LogP contribution in [0.1, 0.15) is 59.3 Å². The quantitative estimate of drug-likeness (QED) is 0.742. The van der Waals surface area contributed by atoms with E-state index in [1.54, 1.807) is 0 Å². The van der Waals surface area contributed by atoms with Crippen molar-refractivity contribution < 1.29 is 4.79 Å². The van der Waals surface area contributed by atoms with Crippen molar-refractivity contribution in [2.45, 2.75) is 64.8 Å². The van der Waals surface area contributed by atoms with Crippen molar-refractivity contribution in [3.05, 3.63) is 0 Å². The van der Waals surface area contributed by atoms with Gasteiger partial charge in [0.05, 0.1) is 5.54 Å². The molecule has 0 aromatic heterocycles. The number of carbonyl (C=O) groups excluding carboxylic acids is 1. The summed E-state index contributed by atoms with van der Waals surface area (Å²) in [6, 6.07) is 0. The van der Waals surface area contributed by atoms with E-state index in [1.165, 1.54) is 25.7 Å². The molecule has 1 unspecified atom stereocenters. The zero-order chi connectivity index (χ0) is 12.9. The molecule has 1 rings (SSSR count). The summed E-state index contributed by atoms with van der Waals surface area (Å²) in [6.07, 6.45) is 7.04. The Hall–Kier alpha value is -0.570. The van der Waals surface area contributed by atoms with Crippen LogP contribution in [0.25, 0.3) is 0 Å². The van der Waals surface area contributed by atoms with Gasteiger partial charge in [-0.25, -0.2) is 0 Å². The number of rotatable bonds is 4. The highest BCUT2D eigenvalue weighted by Crippen LogP contribution is 2.24. The summed E-state index contributed by atoms with van der Waals surface area (Å²) >= 11 is 0. The third-order valence-electron chi connectivity index (χ3n) is 4.33. The molecule has 0 aliphatic heterocycles. The predicted octanol–water partition coefficient (Wildman–Crippen LogP) is 2.45. The summed E-state index contributed by atoms with van der Waals surface area (Å²) in [5, 5.41) is 3.18. The fourth-order valence-electron chi connectivity index (χ4n) is 2.36. The van der Waals surface area contributed by atoms with Gasteiger partial charge in [0.15, 0.2) is 0 Å². The third kappa shape index (κ3) is 3.98. The Morgan fingerprint density at radius 3 is 2.24 bits per heavy atom. The van der Waals surface area contributed by atoms with E-state index in [0.29, 0.717) is 12.5 Å². The van der Waals surface area contributed by atoms with Crippen LogP contribution in [0.15, 0.2) is 0 Å². The number of amides is 1. The average molecular weight is 240 g/mol. The second-order valence-electron chi connectivity index (χ2n) is 5.95. The molecule has 3 nitrogen and oxygen atoms in total. The fraction of sp³-hybridized carbons (Fsp3) is 0.929. The summed E-state index contributed by atoms with van der Waals surface area (Å²) in [6.45, 7) is 6.77. The Morgan fingerprint density at radius 2 is 1.82 bits per heavy atom. The molecule has 3 N–H and O–H groups in total. The van der Waals surface area contributed by atoms with Gasteiger partial charge >= 0.3 is 0 Å². The molecule has 1 fully saturated rings. The third-order valence-corrected chi connectivity index (χ3v) is 4.33. The van der Waals surface area contributed by atoms with Crippen molar-refractivity contribution in [3.8, 4) is 0 Å². The van der Waals surface area contributed by atoms with E-state index in [9.17, 15) is 4.79 Å². The fourth-order valence-corrected chi connectivity index (χ4v) is 2.36. The van der Waals surface area contributed by atoms with Crippen molar-refractivity contribution in [2.75, 3.05) is 6.54 Å². The van der Waals surface area contributed by atoms with Crippen LogP contribution in [-0.4, -0.2) is 18.0 Å². The van der Waals surface area contributed by atoms with E-state index in [2.05, 4.69) is 19.2 Å². The lowest BCUT2D eigenvalue weighted by Crippen LogP contribution is -2.56. The first-order valence-electron chi connectivity index (χ1n) is 7.01. The first-order chi connectivity index (χ1) is 7.99. The van der Waals surface area contributed by atoms with Gasteiger partial charge < -0.3 is 11.1 Å². The molecule has 1 aliphatic carbocycles. The molecule has 0 spiro atoms. The number of carbonyl (C=O) groups is 1. The van der Waals surface area contributed by atoms with Crippen LogP contribution in [-0.2, 0) is 4.79 Å². The molecule has 1 amide bonds. The van der Waals surface area contributed by atoms with Gasteiger partial charge in [-0.15, -0.1) is 0 Å². The first-order valence-corrected chi connectivity index (χ1v) is 7.01. The molecule has 100 valence electrons. The minimum atomic E-state index is -0.261. The van der Waals surface area contributed by atoms with Gasteiger partial charge in [0.25, 0.3) is 0 Å². The molecular weight excluding hydrogens is 212 g/mol.